The Balaban J connectivity index is 1.60. The summed E-state index contributed by atoms with van der Waals surface area (Å²) in [5.41, 5.74) is 1.90. The zero-order valence-corrected chi connectivity index (χ0v) is 15.8. The van der Waals surface area contributed by atoms with E-state index in [4.69, 9.17) is 16.3 Å². The number of rotatable bonds is 4. The lowest BCUT2D eigenvalue weighted by Crippen LogP contribution is -2.25. The van der Waals surface area contributed by atoms with Crippen molar-refractivity contribution in [3.8, 4) is 5.75 Å². The number of hydrogen-bond donors (Lipinski definition) is 2. The molecule has 6 nitrogen and oxygen atoms in total. The van der Waals surface area contributed by atoms with Gasteiger partial charge in [0.1, 0.15) is 5.75 Å². The molecule has 29 heavy (non-hydrogen) atoms. The van der Waals surface area contributed by atoms with Crippen LogP contribution in [0.15, 0.2) is 66.7 Å². The van der Waals surface area contributed by atoms with E-state index in [1.807, 2.05) is 0 Å². The molecule has 3 aromatic rings. The molecule has 144 valence electrons. The third kappa shape index (κ3) is 3.97. The van der Waals surface area contributed by atoms with Crippen molar-refractivity contribution in [1.29, 1.82) is 0 Å². The lowest BCUT2D eigenvalue weighted by Gasteiger charge is -2.18. The number of carbonyl (C=O) groups excluding carboxylic acids is 3. The third-order valence-electron chi connectivity index (χ3n) is 4.39. The van der Waals surface area contributed by atoms with Crippen molar-refractivity contribution < 1.29 is 19.1 Å². The van der Waals surface area contributed by atoms with Crippen molar-refractivity contribution in [3.63, 3.8) is 0 Å². The number of hydrogen-bond acceptors (Lipinski definition) is 4. The number of benzene rings is 3. The van der Waals surface area contributed by atoms with Gasteiger partial charge < -0.3 is 15.4 Å². The molecule has 0 bridgehead atoms. The van der Waals surface area contributed by atoms with Gasteiger partial charge in [0.2, 0.25) is 0 Å². The minimum absolute atomic E-state index is 0.0428. The fourth-order valence-electron chi connectivity index (χ4n) is 3.00. The molecule has 0 aromatic heterocycles. The lowest BCUT2D eigenvalue weighted by atomic mass is 9.98. The molecule has 3 aromatic carbocycles. The van der Waals surface area contributed by atoms with Crippen LogP contribution in [0.5, 0.6) is 5.75 Å². The van der Waals surface area contributed by atoms with Crippen molar-refractivity contribution in [2.24, 2.45) is 0 Å². The smallest absolute Gasteiger partial charge is 0.262 e. The van der Waals surface area contributed by atoms with Crippen LogP contribution in [0, 0.1) is 0 Å². The van der Waals surface area contributed by atoms with Crippen molar-refractivity contribution in [2.45, 2.75) is 0 Å². The lowest BCUT2D eigenvalue weighted by molar-refractivity contribution is -0.118. The molecule has 2 N–H and O–H groups in total. The number of anilines is 2. The summed E-state index contributed by atoms with van der Waals surface area (Å²) >= 11 is 5.88. The van der Waals surface area contributed by atoms with Gasteiger partial charge in [-0.3, -0.25) is 14.4 Å². The Labute approximate surface area is 171 Å². The predicted octanol–water partition coefficient (Wildman–Crippen LogP) is 4.15. The SMILES string of the molecule is O=C1COc2ccc(NC(=O)c3ccccc3C(=O)c3ccc(Cl)cc3)cc2N1. The van der Waals surface area contributed by atoms with Crippen LogP contribution in [-0.4, -0.2) is 24.2 Å². The van der Waals surface area contributed by atoms with Gasteiger partial charge in [-0.2, -0.15) is 0 Å². The second-order valence-corrected chi connectivity index (χ2v) is 6.82. The van der Waals surface area contributed by atoms with Crippen LogP contribution < -0.4 is 15.4 Å². The average molecular weight is 407 g/mol. The first-order valence-corrected chi connectivity index (χ1v) is 9.16. The van der Waals surface area contributed by atoms with Gasteiger partial charge in [0, 0.05) is 21.8 Å². The second-order valence-electron chi connectivity index (χ2n) is 6.38. The van der Waals surface area contributed by atoms with Gasteiger partial charge in [-0.1, -0.05) is 29.8 Å². The van der Waals surface area contributed by atoms with E-state index in [1.54, 1.807) is 66.7 Å². The molecular formula is C22H15ClN2O4. The van der Waals surface area contributed by atoms with E-state index in [9.17, 15) is 14.4 Å². The van der Waals surface area contributed by atoms with E-state index < -0.39 is 5.91 Å². The summed E-state index contributed by atoms with van der Waals surface area (Å²) in [4.78, 5) is 37.2. The zero-order valence-electron chi connectivity index (χ0n) is 15.1. The summed E-state index contributed by atoms with van der Waals surface area (Å²) in [5, 5.41) is 5.97. The van der Waals surface area contributed by atoms with Crippen LogP contribution in [-0.2, 0) is 4.79 Å². The molecule has 0 unspecified atom stereocenters. The first-order chi connectivity index (χ1) is 14.0. The van der Waals surface area contributed by atoms with Crippen molar-refractivity contribution in [3.05, 3.63) is 88.4 Å². The molecule has 4 rings (SSSR count). The molecule has 0 saturated heterocycles. The Morgan fingerprint density at radius 1 is 0.966 bits per heavy atom. The summed E-state index contributed by atoms with van der Waals surface area (Å²) in [6.45, 7) is -0.0428. The van der Waals surface area contributed by atoms with Crippen LogP contribution in [0.25, 0.3) is 0 Å². The molecule has 1 aliphatic heterocycles. The standard InChI is InChI=1S/C22H15ClN2O4/c23-14-7-5-13(6-8-14)21(27)16-3-1-2-4-17(16)22(28)24-15-9-10-19-18(11-15)25-20(26)12-29-19/h1-11H,12H2,(H,24,28)(H,25,26). The predicted molar refractivity (Wildman–Crippen MR) is 110 cm³/mol. The van der Waals surface area contributed by atoms with Gasteiger partial charge in [-0.25, -0.2) is 0 Å². The Morgan fingerprint density at radius 3 is 2.45 bits per heavy atom. The fourth-order valence-corrected chi connectivity index (χ4v) is 3.12. The third-order valence-corrected chi connectivity index (χ3v) is 4.64. The minimum atomic E-state index is -0.439. The maximum atomic E-state index is 12.9. The highest BCUT2D eigenvalue weighted by Crippen LogP contribution is 2.30. The van der Waals surface area contributed by atoms with Gasteiger partial charge >= 0.3 is 0 Å². The van der Waals surface area contributed by atoms with Crippen molar-refractivity contribution in [1.82, 2.24) is 0 Å². The quantitative estimate of drug-likeness (QED) is 0.637. The molecule has 1 aliphatic rings. The van der Waals surface area contributed by atoms with Crippen LogP contribution in [0.3, 0.4) is 0 Å². The molecule has 1 heterocycles. The molecule has 2 amide bonds. The second kappa shape index (κ2) is 7.77. The Kier molecular flexibility index (Phi) is 5.01. The van der Waals surface area contributed by atoms with Crippen molar-refractivity contribution >= 4 is 40.6 Å². The minimum Gasteiger partial charge on any atom is -0.482 e. The normalized spacial score (nSPS) is 12.4. The number of halogens is 1. The molecular weight excluding hydrogens is 392 g/mol. The molecule has 7 heteroatoms. The summed E-state index contributed by atoms with van der Waals surface area (Å²) in [6.07, 6.45) is 0. The highest BCUT2D eigenvalue weighted by atomic mass is 35.5. The molecule has 0 fully saturated rings. The monoisotopic (exact) mass is 406 g/mol. The molecule has 0 aliphatic carbocycles. The molecule has 0 radical (unpaired) electrons. The number of carbonyl (C=O) groups is 3. The van der Waals surface area contributed by atoms with Gasteiger partial charge in [0.15, 0.2) is 12.4 Å². The number of ether oxygens (including phenoxy) is 1. The van der Waals surface area contributed by atoms with E-state index in [1.165, 1.54) is 0 Å². The van der Waals surface area contributed by atoms with Crippen LogP contribution in [0.2, 0.25) is 5.02 Å². The van der Waals surface area contributed by atoms with E-state index in [2.05, 4.69) is 10.6 Å². The van der Waals surface area contributed by atoms with Gasteiger partial charge in [0.25, 0.3) is 11.8 Å². The highest BCUT2D eigenvalue weighted by Gasteiger charge is 2.20. The summed E-state index contributed by atoms with van der Waals surface area (Å²) in [5.74, 6) is -0.453. The van der Waals surface area contributed by atoms with Crippen LogP contribution in [0.4, 0.5) is 11.4 Å². The van der Waals surface area contributed by atoms with Crippen molar-refractivity contribution in [2.75, 3.05) is 17.2 Å². The number of ketones is 1. The Hall–Kier alpha value is -3.64. The van der Waals surface area contributed by atoms with E-state index in [0.29, 0.717) is 27.7 Å². The fraction of sp³-hybridized carbons (Fsp3) is 0.0455. The topological polar surface area (TPSA) is 84.5 Å². The number of nitrogens with one attached hydrogen (secondary N) is 2. The Morgan fingerprint density at radius 2 is 1.69 bits per heavy atom. The Bertz CT molecular complexity index is 1130. The maximum absolute atomic E-state index is 12.9. The summed E-state index contributed by atoms with van der Waals surface area (Å²) < 4.78 is 5.31. The van der Waals surface area contributed by atoms with Gasteiger partial charge in [-0.15, -0.1) is 0 Å². The average Bonchev–Trinajstić information content (AvgIpc) is 2.73. The van der Waals surface area contributed by atoms with E-state index in [-0.39, 0.29) is 29.4 Å². The highest BCUT2D eigenvalue weighted by molar-refractivity contribution is 6.30. The zero-order chi connectivity index (χ0) is 20.4. The maximum Gasteiger partial charge on any atom is 0.262 e. The number of fused-ring (bicyclic) bond motifs is 1. The van der Waals surface area contributed by atoms with Gasteiger partial charge in [-0.05, 0) is 48.5 Å². The molecule has 0 atom stereocenters. The largest absolute Gasteiger partial charge is 0.482 e. The van der Waals surface area contributed by atoms with E-state index >= 15 is 0 Å². The van der Waals surface area contributed by atoms with Crippen LogP contribution >= 0.6 is 11.6 Å². The number of amides is 2. The first-order valence-electron chi connectivity index (χ1n) is 8.78. The van der Waals surface area contributed by atoms with Crippen LogP contribution in [0.1, 0.15) is 26.3 Å². The molecule has 0 spiro atoms. The van der Waals surface area contributed by atoms with E-state index in [0.717, 1.165) is 0 Å². The molecule has 0 saturated carbocycles. The summed E-state index contributed by atoms with van der Waals surface area (Å²) in [6, 6.07) is 18.0. The summed E-state index contributed by atoms with van der Waals surface area (Å²) in [7, 11) is 0. The first kappa shape index (κ1) is 18.7. The van der Waals surface area contributed by atoms with Gasteiger partial charge in [0.05, 0.1) is 11.3 Å².